The molecule has 21 aromatic rings. The van der Waals surface area contributed by atoms with Crippen molar-refractivity contribution in [2.75, 3.05) is 89.9 Å². The molecule has 0 radical (unpaired) electrons. The molecule has 0 aliphatic carbocycles. The number of para-hydroxylation sites is 6. The van der Waals surface area contributed by atoms with Crippen LogP contribution in [0.15, 0.2) is 275 Å². The van der Waals surface area contributed by atoms with Crippen LogP contribution in [-0.4, -0.2) is 99.8 Å². The van der Waals surface area contributed by atoms with Crippen molar-refractivity contribution in [2.24, 2.45) is 0 Å². The van der Waals surface area contributed by atoms with Crippen LogP contribution in [0, 0.1) is 11.3 Å². The topological polar surface area (TPSA) is 289 Å². The monoisotopic (exact) mass is 1860 g/mol. The average Bonchev–Trinajstić information content (AvgIpc) is 1.10. The van der Waals surface area contributed by atoms with Gasteiger partial charge in [-0.3, -0.25) is 9.20 Å². The maximum Gasteiger partial charge on any atom is 0.349 e. The summed E-state index contributed by atoms with van der Waals surface area (Å²) < 4.78 is 38.3. The van der Waals surface area contributed by atoms with Crippen molar-refractivity contribution in [1.82, 2.24) is 34.3 Å². The summed E-state index contributed by atoms with van der Waals surface area (Å²) in [5, 5.41) is 16.9. The van der Waals surface area contributed by atoms with E-state index in [4.69, 9.17) is 43.1 Å². The quantitative estimate of drug-likeness (QED) is 0.0694. The van der Waals surface area contributed by atoms with Crippen LogP contribution >= 0.6 is 34.3 Å². The minimum absolute atomic E-state index is 0.00852. The zero-order chi connectivity index (χ0) is 94.7. The molecule has 0 saturated heterocycles. The molecule has 0 spiro atoms. The molecule has 0 amide bonds. The fourth-order valence-corrected chi connectivity index (χ4v) is 20.6. The van der Waals surface area contributed by atoms with Gasteiger partial charge in [-0.15, -0.1) is 22.7 Å². The smallest absolute Gasteiger partial charge is 0.349 e. The van der Waals surface area contributed by atoms with E-state index in [1.165, 1.54) is 32.6 Å². The molecule has 0 atom stereocenters. The number of H-pyrrole nitrogens is 1. The van der Waals surface area contributed by atoms with Gasteiger partial charge in [0, 0.05) is 156 Å². The summed E-state index contributed by atoms with van der Waals surface area (Å²) in [6.07, 6.45) is 2.19. The molecule has 10 aromatic carbocycles. The molecule has 0 fully saturated rings. The zero-order valence-corrected chi connectivity index (χ0v) is 79.8. The first-order valence-electron chi connectivity index (χ1n) is 46.0. The Morgan fingerprint density at radius 2 is 0.875 bits per heavy atom. The molecule has 2 aliphatic heterocycles. The molecule has 1 N–H and O–H groups in total. The van der Waals surface area contributed by atoms with E-state index in [-0.39, 0.29) is 44.7 Å². The molecule has 0 saturated carbocycles. The molecular formula is C109H98ClN13O11S2. The highest BCUT2D eigenvalue weighted by molar-refractivity contribution is 7.22. The number of nitriles is 1. The Bertz CT molecular complexity index is 8350. The van der Waals surface area contributed by atoms with E-state index < -0.39 is 11.2 Å². The molecule has 24 nitrogen and oxygen atoms in total. The van der Waals surface area contributed by atoms with Crippen molar-refractivity contribution in [3.05, 3.63) is 298 Å². The van der Waals surface area contributed by atoms with Crippen molar-refractivity contribution < 1.29 is 26.5 Å². The average molecular weight is 1870 g/mol. The van der Waals surface area contributed by atoms with Gasteiger partial charge in [0.2, 0.25) is 5.89 Å². The summed E-state index contributed by atoms with van der Waals surface area (Å²) in [6, 6.07) is 73.7. The zero-order valence-electron chi connectivity index (χ0n) is 77.4. The third-order valence-electron chi connectivity index (χ3n) is 26.0. The molecular weight excluding hydrogens is 1770 g/mol. The minimum Gasteiger partial charge on any atom is -0.454 e. The Labute approximate surface area is 793 Å². The lowest BCUT2D eigenvalue weighted by Crippen LogP contribution is -2.44. The van der Waals surface area contributed by atoms with Crippen molar-refractivity contribution in [2.45, 2.75) is 107 Å². The molecule has 0 bridgehead atoms. The highest BCUT2D eigenvalue weighted by Crippen LogP contribution is 2.52. The number of rotatable bonds is 16. The lowest BCUT2D eigenvalue weighted by atomic mass is 9.69. The van der Waals surface area contributed by atoms with Gasteiger partial charge in [-0.05, 0) is 236 Å². The molecule has 13 heterocycles. The highest BCUT2D eigenvalue weighted by Gasteiger charge is 2.42. The standard InChI is InChI=1S/C26H26N2O2S.C23H18N4O2.C20H17ClN2O3.C20H19N3O2.C20H18N2O2S/c1-25(2)9-11-28-12-10-26(3,4)20-21(28)17(25)14-15-13-16(24(29)30-22(15)20)23-27-18-7-5-6-8-19(18)31-23;1-3-26(4-2)15-10-9-14-11-16-21(29-20(14)12-15)17(13-24)23(28)27-19-8-6-5-7-18(19)25-22(16)27;1-3-23(4-2)14-7-5-12-9-15(20(24)26-18(12)11-14)19-22-16-10-13(21)6-8-17(16)25-19;1-3-23(4-2)14-10-9-13-11-15(20(24)25-18(13)12-14)19-21-16-7-5-6-8-17(16)22-19;1-3-22(4-2)14-10-9-13-11-15(20(23)24-17(13)12-14)19-21-16-7-5-6-8-18(16)25-19/h5-8,13-14H,9-12H2,1-4H3;5-12H,3-4H2,1-2H3;5-11H,3-4H2,1-2H3;5-12H,3-4H2,1-2H3,(H,21,22);5-12H,3-4H2,1-2H3. The van der Waals surface area contributed by atoms with Gasteiger partial charge in [0.15, 0.2) is 22.4 Å². The van der Waals surface area contributed by atoms with Crippen molar-refractivity contribution in [3.8, 4) is 50.1 Å². The minimum atomic E-state index is -0.480. The van der Waals surface area contributed by atoms with Crippen LogP contribution in [0.2, 0.25) is 5.02 Å². The van der Waals surface area contributed by atoms with E-state index >= 15 is 0 Å². The van der Waals surface area contributed by atoms with Gasteiger partial charge >= 0.3 is 22.5 Å². The van der Waals surface area contributed by atoms with E-state index in [9.17, 15) is 29.2 Å². The fraction of sp³-hybridized carbons (Fsp3) is 0.239. The predicted molar refractivity (Wildman–Crippen MR) is 553 cm³/mol. The number of benzene rings is 10. The Kier molecular flexibility index (Phi) is 24.6. The molecule has 0 unspecified atom stereocenters. The van der Waals surface area contributed by atoms with Crippen LogP contribution < -0.4 is 52.6 Å². The van der Waals surface area contributed by atoms with Crippen molar-refractivity contribution >= 4 is 188 Å². The number of hydrogen-bond acceptors (Lipinski definition) is 24. The Morgan fingerprint density at radius 3 is 1.40 bits per heavy atom. The number of aromatic nitrogens is 7. The van der Waals surface area contributed by atoms with E-state index in [1.54, 1.807) is 35.6 Å². The summed E-state index contributed by atoms with van der Waals surface area (Å²) in [7, 11) is 0. The molecule has 136 heavy (non-hydrogen) atoms. The van der Waals surface area contributed by atoms with E-state index in [0.717, 1.165) is 170 Å². The van der Waals surface area contributed by atoms with Gasteiger partial charge in [-0.25, -0.2) is 44.1 Å². The third-order valence-corrected chi connectivity index (χ3v) is 28.4. The number of nitrogens with one attached hydrogen (secondary N) is 1. The number of oxazole rings is 1. The first kappa shape index (κ1) is 90.1. The van der Waals surface area contributed by atoms with Crippen LogP contribution in [-0.2, 0) is 10.8 Å². The lowest BCUT2D eigenvalue weighted by molar-refractivity contribution is 0.398. The fourth-order valence-electron chi connectivity index (χ4n) is 18.5. The number of aromatic amines is 1. The first-order valence-corrected chi connectivity index (χ1v) is 48.0. The van der Waals surface area contributed by atoms with Gasteiger partial charge in [0.1, 0.15) is 66.5 Å². The van der Waals surface area contributed by atoms with Gasteiger partial charge in [-0.1, -0.05) is 87.8 Å². The summed E-state index contributed by atoms with van der Waals surface area (Å²) in [5.41, 5.74) is 18.0. The largest absolute Gasteiger partial charge is 0.454 e. The number of pyridine rings is 1. The number of fused-ring (bicyclic) bond motifs is 15. The van der Waals surface area contributed by atoms with Crippen LogP contribution in [0.4, 0.5) is 28.4 Å². The summed E-state index contributed by atoms with van der Waals surface area (Å²) >= 11 is 9.03. The SMILES string of the molecule is CC1(C)CCN2CCC(C)(C)c3c2c1cc1cc(-c2nc4ccccc4s2)c(=O)oc31.CCN(CC)c1ccc2cc(-c3nc4cc(Cl)ccc4o3)c(=O)oc2c1.CCN(CC)c1ccc2cc(-c3nc4ccccc4[nH]3)c(=O)oc2c1.CCN(CC)c1ccc2cc(-c3nc4ccccc4s3)c(=O)oc2c1.CCN(CC)c1ccc2cc3c(oc2c1)c(C#N)c(=O)n1c2ccccc2nc31. The number of imidazole rings is 2. The van der Waals surface area contributed by atoms with Crippen LogP contribution in [0.3, 0.4) is 0 Å². The van der Waals surface area contributed by atoms with Crippen LogP contribution in [0.1, 0.15) is 113 Å². The van der Waals surface area contributed by atoms with Gasteiger partial charge in [0.25, 0.3) is 5.56 Å². The second-order valence-corrected chi connectivity index (χ2v) is 37.4. The van der Waals surface area contributed by atoms with E-state index in [2.05, 4.69) is 157 Å². The van der Waals surface area contributed by atoms with Crippen molar-refractivity contribution in [1.29, 1.82) is 5.26 Å². The Balaban J connectivity index is 0.000000109. The first-order chi connectivity index (χ1) is 65.9. The number of halogens is 1. The number of hydrogen-bond donors (Lipinski definition) is 1. The predicted octanol–water partition coefficient (Wildman–Crippen LogP) is 24.9. The van der Waals surface area contributed by atoms with E-state index in [0.29, 0.717) is 93.6 Å². The third kappa shape index (κ3) is 17.0. The second kappa shape index (κ2) is 37.1. The summed E-state index contributed by atoms with van der Waals surface area (Å²) in [4.78, 5) is 101. The summed E-state index contributed by atoms with van der Waals surface area (Å²) in [6.45, 7) is 35.3. The van der Waals surface area contributed by atoms with E-state index in [1.807, 2.05) is 182 Å². The molecule has 23 rings (SSSR count). The van der Waals surface area contributed by atoms with Crippen LogP contribution in [0.5, 0.6) is 0 Å². The van der Waals surface area contributed by atoms with Crippen molar-refractivity contribution in [3.63, 3.8) is 0 Å². The number of anilines is 5. The molecule has 684 valence electrons. The second-order valence-electron chi connectivity index (χ2n) is 34.9. The maximum absolute atomic E-state index is 13.2. The van der Waals surface area contributed by atoms with Gasteiger partial charge in [-0.2, -0.15) is 5.26 Å². The van der Waals surface area contributed by atoms with Crippen LogP contribution in [0.25, 0.3) is 169 Å². The molecule has 2 aliphatic rings. The lowest BCUT2D eigenvalue weighted by Gasteiger charge is -2.48. The Morgan fingerprint density at radius 1 is 0.419 bits per heavy atom. The molecule has 11 aromatic heterocycles. The normalized spacial score (nSPS) is 13.1. The molecule has 27 heteroatoms. The number of nitrogens with zero attached hydrogens (tertiary/aromatic N) is 12. The van der Waals surface area contributed by atoms with Gasteiger partial charge in [0.05, 0.1) is 59.0 Å². The maximum atomic E-state index is 13.2. The summed E-state index contributed by atoms with van der Waals surface area (Å²) in [5.74, 6) is 0.760. The van der Waals surface area contributed by atoms with Gasteiger partial charge < -0.3 is 56.0 Å². The Hall–Kier alpha value is -15.0. The highest BCUT2D eigenvalue weighted by atomic mass is 35.5. The number of thiazole rings is 2.